The molecule has 0 saturated carbocycles. The van der Waals surface area contributed by atoms with Gasteiger partial charge in [-0.2, -0.15) is 0 Å². The molecule has 2 nitrogen and oxygen atoms in total. The zero-order valence-electron chi connectivity index (χ0n) is 35.8. The summed E-state index contributed by atoms with van der Waals surface area (Å²) in [7, 11) is 0. The molecular formula is C61H52N2. The second kappa shape index (κ2) is 18.3. The average molecular weight is 813 g/mol. The Kier molecular flexibility index (Phi) is 11.5. The number of anilines is 5. The molecule has 0 aromatic heterocycles. The Morgan fingerprint density at radius 1 is 0.397 bits per heavy atom. The van der Waals surface area contributed by atoms with Crippen molar-refractivity contribution in [3.05, 3.63) is 271 Å². The van der Waals surface area contributed by atoms with Gasteiger partial charge in [0.1, 0.15) is 0 Å². The smallest absolute Gasteiger partial charge is 0.0540 e. The SMILES string of the molecule is Cc1cc(N(C2=CCC(c3ccccc3)C=C2)c2ccc(C3C=CC=CC3)cc2)ccc1-c1ccc(-c2ccccc2N(c2ccccc2)c2ccc(C3C=CC=CC3)cc2)cc1. The van der Waals surface area contributed by atoms with Gasteiger partial charge >= 0.3 is 0 Å². The molecule has 7 aromatic carbocycles. The lowest BCUT2D eigenvalue weighted by Gasteiger charge is -2.30. The fraction of sp³-hybridized carbons (Fsp3) is 0.115. The largest absolute Gasteiger partial charge is 0.311 e. The monoisotopic (exact) mass is 812 g/mol. The molecule has 3 unspecified atom stereocenters. The van der Waals surface area contributed by atoms with Gasteiger partial charge in [-0.3, -0.25) is 0 Å². The van der Waals surface area contributed by atoms with Crippen LogP contribution in [0.15, 0.2) is 248 Å². The number of rotatable bonds is 11. The van der Waals surface area contributed by atoms with Gasteiger partial charge in [0.05, 0.1) is 5.69 Å². The van der Waals surface area contributed by atoms with E-state index in [0.29, 0.717) is 17.8 Å². The molecule has 10 rings (SSSR count). The lowest BCUT2D eigenvalue weighted by Crippen LogP contribution is -2.17. The van der Waals surface area contributed by atoms with E-state index in [4.69, 9.17) is 0 Å². The maximum absolute atomic E-state index is 2.42. The minimum Gasteiger partial charge on any atom is -0.311 e. The summed E-state index contributed by atoms with van der Waals surface area (Å²) < 4.78 is 0. The van der Waals surface area contributed by atoms with Crippen LogP contribution in [0.2, 0.25) is 0 Å². The highest BCUT2D eigenvalue weighted by atomic mass is 15.2. The first kappa shape index (κ1) is 39.7. The zero-order chi connectivity index (χ0) is 42.4. The fourth-order valence-electron chi connectivity index (χ4n) is 9.42. The zero-order valence-corrected chi connectivity index (χ0v) is 35.8. The summed E-state index contributed by atoms with van der Waals surface area (Å²) in [5.74, 6) is 1.21. The quantitative estimate of drug-likeness (QED) is 0.128. The van der Waals surface area contributed by atoms with Gasteiger partial charge in [-0.25, -0.2) is 0 Å². The molecule has 0 spiro atoms. The van der Waals surface area contributed by atoms with Crippen LogP contribution in [0, 0.1) is 6.92 Å². The third-order valence-corrected chi connectivity index (χ3v) is 12.8. The third-order valence-electron chi connectivity index (χ3n) is 12.8. The highest BCUT2D eigenvalue weighted by Crippen LogP contribution is 2.43. The van der Waals surface area contributed by atoms with Crippen LogP contribution in [0.25, 0.3) is 22.3 Å². The van der Waals surface area contributed by atoms with Crippen molar-refractivity contribution >= 4 is 28.4 Å². The first-order chi connectivity index (χ1) is 31.2. The summed E-state index contributed by atoms with van der Waals surface area (Å²) >= 11 is 0. The van der Waals surface area contributed by atoms with Gasteiger partial charge in [-0.15, -0.1) is 0 Å². The molecule has 0 radical (unpaired) electrons. The van der Waals surface area contributed by atoms with Crippen molar-refractivity contribution in [2.24, 2.45) is 0 Å². The van der Waals surface area contributed by atoms with Crippen molar-refractivity contribution in [2.75, 3.05) is 9.80 Å². The molecule has 3 aliphatic rings. The summed E-state index contributed by atoms with van der Waals surface area (Å²) in [5, 5.41) is 0. The van der Waals surface area contributed by atoms with Crippen LogP contribution < -0.4 is 9.80 Å². The Morgan fingerprint density at radius 3 is 1.48 bits per heavy atom. The molecular weight excluding hydrogens is 761 g/mol. The molecule has 2 heteroatoms. The molecule has 3 atom stereocenters. The summed E-state index contributed by atoms with van der Waals surface area (Å²) in [4.78, 5) is 4.81. The number of hydrogen-bond acceptors (Lipinski definition) is 2. The van der Waals surface area contributed by atoms with Gasteiger partial charge in [0, 0.05) is 51.8 Å². The third kappa shape index (κ3) is 8.58. The standard InChI is InChI=1S/C61H52N2/c1-45-44-58(62(55-36-30-49(31-37-55)46-16-6-2-7-17-46)56-38-32-50(33-39-56)47-18-8-3-9-19-47)42-43-59(45)52-26-28-53(29-27-52)60-24-14-15-25-61(60)63(54-22-12-5-13-23-54)57-40-34-51(35-41-57)48-20-10-4-11-21-48/h2-18,20,22-30,32-44,47-49H,19,21,31H2,1H3. The van der Waals surface area contributed by atoms with E-state index in [1.807, 2.05) is 0 Å². The summed E-state index contributed by atoms with van der Waals surface area (Å²) in [6.07, 6.45) is 27.9. The molecule has 63 heavy (non-hydrogen) atoms. The van der Waals surface area contributed by atoms with E-state index in [1.165, 1.54) is 50.2 Å². The van der Waals surface area contributed by atoms with E-state index in [9.17, 15) is 0 Å². The minimum atomic E-state index is 0.374. The van der Waals surface area contributed by atoms with Crippen molar-refractivity contribution in [3.8, 4) is 22.3 Å². The van der Waals surface area contributed by atoms with Crippen LogP contribution in [-0.2, 0) is 0 Å². The highest BCUT2D eigenvalue weighted by molar-refractivity contribution is 5.89. The van der Waals surface area contributed by atoms with Crippen LogP contribution in [0.5, 0.6) is 0 Å². The molecule has 306 valence electrons. The maximum Gasteiger partial charge on any atom is 0.0540 e. The molecule has 0 fully saturated rings. The van der Waals surface area contributed by atoms with E-state index in [1.54, 1.807) is 0 Å². The number of hydrogen-bond donors (Lipinski definition) is 0. The molecule has 0 heterocycles. The number of allylic oxidation sites excluding steroid dienone is 11. The van der Waals surface area contributed by atoms with Crippen LogP contribution in [-0.4, -0.2) is 0 Å². The second-order valence-electron chi connectivity index (χ2n) is 16.8. The van der Waals surface area contributed by atoms with Crippen LogP contribution in [0.1, 0.15) is 59.3 Å². The number of para-hydroxylation sites is 2. The molecule has 0 N–H and O–H groups in total. The van der Waals surface area contributed by atoms with Gasteiger partial charge in [0.2, 0.25) is 0 Å². The summed E-state index contributed by atoms with van der Waals surface area (Å²) in [6.45, 7) is 2.24. The molecule has 0 amide bonds. The van der Waals surface area contributed by atoms with Gasteiger partial charge in [0.15, 0.2) is 0 Å². The first-order valence-electron chi connectivity index (χ1n) is 22.4. The van der Waals surface area contributed by atoms with E-state index in [2.05, 4.69) is 259 Å². The summed E-state index contributed by atoms with van der Waals surface area (Å²) in [6, 6.07) is 64.7. The van der Waals surface area contributed by atoms with Crippen molar-refractivity contribution in [2.45, 2.75) is 43.9 Å². The van der Waals surface area contributed by atoms with E-state index in [-0.39, 0.29) is 0 Å². The number of nitrogens with zero attached hydrogens (tertiary/aromatic N) is 2. The predicted octanol–water partition coefficient (Wildman–Crippen LogP) is 16.8. The lowest BCUT2D eigenvalue weighted by molar-refractivity contribution is 0.839. The summed E-state index contributed by atoms with van der Waals surface area (Å²) in [5.41, 5.74) is 17.0. The predicted molar refractivity (Wildman–Crippen MR) is 268 cm³/mol. The molecule has 3 aliphatic carbocycles. The minimum absolute atomic E-state index is 0.374. The molecule has 0 saturated heterocycles. The average Bonchev–Trinajstić information content (AvgIpc) is 3.36. The van der Waals surface area contributed by atoms with Crippen LogP contribution in [0.4, 0.5) is 28.4 Å². The Morgan fingerprint density at radius 2 is 0.905 bits per heavy atom. The Bertz CT molecular complexity index is 2860. The highest BCUT2D eigenvalue weighted by Gasteiger charge is 2.21. The van der Waals surface area contributed by atoms with E-state index >= 15 is 0 Å². The molecule has 0 aliphatic heterocycles. The van der Waals surface area contributed by atoms with E-state index in [0.717, 1.165) is 47.7 Å². The molecule has 7 aromatic rings. The number of benzene rings is 7. The Hall–Kier alpha value is -7.42. The lowest BCUT2D eigenvalue weighted by atomic mass is 9.91. The van der Waals surface area contributed by atoms with Crippen LogP contribution in [0.3, 0.4) is 0 Å². The molecule has 0 bridgehead atoms. The normalized spacial score (nSPS) is 17.7. The Labute approximate surface area is 373 Å². The number of aryl methyl sites for hydroxylation is 1. The second-order valence-corrected chi connectivity index (χ2v) is 16.8. The topological polar surface area (TPSA) is 6.48 Å². The van der Waals surface area contributed by atoms with Crippen molar-refractivity contribution in [1.82, 2.24) is 0 Å². The van der Waals surface area contributed by atoms with Crippen molar-refractivity contribution < 1.29 is 0 Å². The van der Waals surface area contributed by atoms with Gasteiger partial charge in [0.25, 0.3) is 0 Å². The van der Waals surface area contributed by atoms with E-state index < -0.39 is 0 Å². The van der Waals surface area contributed by atoms with Crippen molar-refractivity contribution in [1.29, 1.82) is 0 Å². The fourth-order valence-corrected chi connectivity index (χ4v) is 9.42. The van der Waals surface area contributed by atoms with Gasteiger partial charge < -0.3 is 9.80 Å². The van der Waals surface area contributed by atoms with Crippen LogP contribution >= 0.6 is 0 Å². The Balaban J connectivity index is 0.947. The van der Waals surface area contributed by atoms with Crippen molar-refractivity contribution in [3.63, 3.8) is 0 Å². The van der Waals surface area contributed by atoms with Gasteiger partial charge in [-0.1, -0.05) is 182 Å². The first-order valence-corrected chi connectivity index (χ1v) is 22.4. The maximum atomic E-state index is 2.42. The van der Waals surface area contributed by atoms with Gasteiger partial charge in [-0.05, 0) is 126 Å².